The van der Waals surface area contributed by atoms with Gasteiger partial charge in [-0.2, -0.15) is 13.2 Å². The fraction of sp³-hybridized carbons (Fsp3) is 0.316. The number of hydrogen-bond donors (Lipinski definition) is 2. The zero-order valence-corrected chi connectivity index (χ0v) is 16.8. The van der Waals surface area contributed by atoms with E-state index >= 15 is 0 Å². The first kappa shape index (κ1) is 21.9. The predicted octanol–water partition coefficient (Wildman–Crippen LogP) is 3.17. The third kappa shape index (κ3) is 5.63. The Morgan fingerprint density at radius 1 is 1.10 bits per heavy atom. The van der Waals surface area contributed by atoms with Crippen molar-refractivity contribution < 1.29 is 31.1 Å². The van der Waals surface area contributed by atoms with Gasteiger partial charge < -0.3 is 15.0 Å². The SMILES string of the molecule is CS(=O)(=O)Nc1cccc(C(=O)Nc2ccc(N3CCOCC3)cc2C(F)(F)F)c1. The molecule has 1 fully saturated rings. The van der Waals surface area contributed by atoms with Crippen molar-refractivity contribution in [2.24, 2.45) is 0 Å². The predicted molar refractivity (Wildman–Crippen MR) is 107 cm³/mol. The maximum atomic E-state index is 13.6. The number of carbonyl (C=O) groups is 1. The zero-order chi connectivity index (χ0) is 21.9. The van der Waals surface area contributed by atoms with Gasteiger partial charge in [-0.1, -0.05) is 6.07 Å². The Hall–Kier alpha value is -2.79. The number of nitrogens with one attached hydrogen (secondary N) is 2. The minimum atomic E-state index is -4.68. The molecule has 0 radical (unpaired) electrons. The smallest absolute Gasteiger partial charge is 0.378 e. The molecule has 0 spiro atoms. The van der Waals surface area contributed by atoms with Crippen LogP contribution in [0.4, 0.5) is 30.2 Å². The van der Waals surface area contributed by atoms with Crippen LogP contribution in [0, 0.1) is 0 Å². The number of ether oxygens (including phenoxy) is 1. The molecule has 3 rings (SSSR count). The van der Waals surface area contributed by atoms with Crippen LogP contribution in [0.1, 0.15) is 15.9 Å². The highest BCUT2D eigenvalue weighted by Gasteiger charge is 2.35. The lowest BCUT2D eigenvalue weighted by molar-refractivity contribution is -0.136. The van der Waals surface area contributed by atoms with E-state index in [1.54, 1.807) is 4.90 Å². The lowest BCUT2D eigenvalue weighted by atomic mass is 10.1. The van der Waals surface area contributed by atoms with Gasteiger partial charge in [0.1, 0.15) is 0 Å². The first-order valence-corrected chi connectivity index (χ1v) is 10.9. The molecule has 0 bridgehead atoms. The maximum Gasteiger partial charge on any atom is 0.418 e. The van der Waals surface area contributed by atoms with Crippen molar-refractivity contribution in [2.45, 2.75) is 6.18 Å². The van der Waals surface area contributed by atoms with Gasteiger partial charge in [0.15, 0.2) is 0 Å². The third-order valence-corrected chi connectivity index (χ3v) is 4.97. The number of halogens is 3. The van der Waals surface area contributed by atoms with Gasteiger partial charge in [-0.3, -0.25) is 9.52 Å². The van der Waals surface area contributed by atoms with Crippen LogP contribution in [-0.2, 0) is 20.9 Å². The molecule has 1 heterocycles. The molecule has 0 atom stereocenters. The van der Waals surface area contributed by atoms with Crippen molar-refractivity contribution >= 4 is 33.0 Å². The number of carbonyl (C=O) groups excluding carboxylic acids is 1. The average Bonchev–Trinajstić information content (AvgIpc) is 2.67. The summed E-state index contributed by atoms with van der Waals surface area (Å²) in [5.74, 6) is -0.795. The molecule has 0 unspecified atom stereocenters. The molecule has 11 heteroatoms. The van der Waals surface area contributed by atoms with E-state index in [9.17, 15) is 26.4 Å². The molecule has 2 aromatic carbocycles. The Bertz CT molecular complexity index is 1040. The molecule has 1 aliphatic rings. The molecule has 2 N–H and O–H groups in total. The van der Waals surface area contributed by atoms with Gasteiger partial charge in [-0.25, -0.2) is 8.42 Å². The average molecular weight is 443 g/mol. The monoisotopic (exact) mass is 443 g/mol. The topological polar surface area (TPSA) is 87.7 Å². The van der Waals surface area contributed by atoms with Crippen LogP contribution >= 0.6 is 0 Å². The Labute approximate surface area is 171 Å². The van der Waals surface area contributed by atoms with Crippen molar-refractivity contribution in [2.75, 3.05) is 47.5 Å². The van der Waals surface area contributed by atoms with Crippen molar-refractivity contribution in [3.8, 4) is 0 Å². The quantitative estimate of drug-likeness (QED) is 0.741. The molecule has 1 saturated heterocycles. The van der Waals surface area contributed by atoms with Gasteiger partial charge in [0.25, 0.3) is 5.91 Å². The molecule has 2 aromatic rings. The molecule has 1 aliphatic heterocycles. The molecule has 0 aromatic heterocycles. The van der Waals surface area contributed by atoms with E-state index in [-0.39, 0.29) is 16.9 Å². The number of anilines is 3. The van der Waals surface area contributed by atoms with E-state index in [2.05, 4.69) is 10.0 Å². The molecule has 0 aliphatic carbocycles. The van der Waals surface area contributed by atoms with Crippen LogP contribution in [0.15, 0.2) is 42.5 Å². The molecule has 0 saturated carbocycles. The Balaban J connectivity index is 1.86. The lowest BCUT2D eigenvalue weighted by Gasteiger charge is -2.29. The Kier molecular flexibility index (Phi) is 6.22. The summed E-state index contributed by atoms with van der Waals surface area (Å²) < 4.78 is 71.0. The van der Waals surface area contributed by atoms with Gasteiger partial charge in [0.2, 0.25) is 10.0 Å². The second-order valence-corrected chi connectivity index (χ2v) is 8.48. The number of benzene rings is 2. The molecular weight excluding hydrogens is 423 g/mol. The van der Waals surface area contributed by atoms with Gasteiger partial charge in [-0.05, 0) is 36.4 Å². The number of amides is 1. The summed E-state index contributed by atoms with van der Waals surface area (Å²) in [5, 5.41) is 2.27. The fourth-order valence-corrected chi connectivity index (χ4v) is 3.58. The van der Waals surface area contributed by atoms with Crippen molar-refractivity contribution in [3.05, 3.63) is 53.6 Å². The molecule has 7 nitrogen and oxygen atoms in total. The maximum absolute atomic E-state index is 13.6. The number of rotatable bonds is 5. The van der Waals surface area contributed by atoms with E-state index in [4.69, 9.17) is 4.74 Å². The summed E-state index contributed by atoms with van der Waals surface area (Å²) in [7, 11) is -3.56. The summed E-state index contributed by atoms with van der Waals surface area (Å²) in [5.41, 5.74) is -0.822. The van der Waals surface area contributed by atoms with Crippen LogP contribution in [0.5, 0.6) is 0 Å². The molecule has 162 valence electrons. The lowest BCUT2D eigenvalue weighted by Crippen LogP contribution is -2.36. The number of nitrogens with zero attached hydrogens (tertiary/aromatic N) is 1. The van der Waals surface area contributed by atoms with E-state index in [0.717, 1.165) is 12.3 Å². The highest BCUT2D eigenvalue weighted by atomic mass is 32.2. The van der Waals surface area contributed by atoms with Gasteiger partial charge >= 0.3 is 6.18 Å². The van der Waals surface area contributed by atoms with Crippen LogP contribution in [0.25, 0.3) is 0 Å². The largest absolute Gasteiger partial charge is 0.418 e. The first-order chi connectivity index (χ1) is 14.0. The normalized spacial score (nSPS) is 15.0. The van der Waals surface area contributed by atoms with Crippen LogP contribution in [0.3, 0.4) is 0 Å². The molecule has 30 heavy (non-hydrogen) atoms. The Morgan fingerprint density at radius 3 is 2.43 bits per heavy atom. The van der Waals surface area contributed by atoms with E-state index in [1.807, 2.05) is 0 Å². The summed E-state index contributed by atoms with van der Waals surface area (Å²) in [4.78, 5) is 14.3. The fourth-order valence-electron chi connectivity index (χ4n) is 3.03. The zero-order valence-electron chi connectivity index (χ0n) is 16.0. The number of hydrogen-bond acceptors (Lipinski definition) is 5. The van der Waals surface area contributed by atoms with E-state index in [1.165, 1.54) is 36.4 Å². The molecular formula is C19H20F3N3O4S. The third-order valence-electron chi connectivity index (χ3n) is 4.36. The van der Waals surface area contributed by atoms with Crippen molar-refractivity contribution in [1.82, 2.24) is 0 Å². The summed E-state index contributed by atoms with van der Waals surface area (Å²) in [6.07, 6.45) is -3.73. The second-order valence-electron chi connectivity index (χ2n) is 6.74. The Morgan fingerprint density at radius 2 is 1.80 bits per heavy atom. The van der Waals surface area contributed by atoms with Crippen LogP contribution in [-0.4, -0.2) is 46.9 Å². The van der Waals surface area contributed by atoms with E-state index in [0.29, 0.717) is 32.0 Å². The minimum Gasteiger partial charge on any atom is -0.378 e. The van der Waals surface area contributed by atoms with Crippen LogP contribution in [0.2, 0.25) is 0 Å². The van der Waals surface area contributed by atoms with Gasteiger partial charge in [-0.15, -0.1) is 0 Å². The van der Waals surface area contributed by atoms with Crippen molar-refractivity contribution in [3.63, 3.8) is 0 Å². The van der Waals surface area contributed by atoms with Crippen LogP contribution < -0.4 is 14.9 Å². The standard InChI is InChI=1S/C19H20F3N3O4S/c1-30(27,28)24-14-4-2-3-13(11-14)18(26)23-17-6-5-15(12-16(17)19(20,21)22)25-7-9-29-10-8-25/h2-6,11-12,24H,7-10H2,1H3,(H,23,26). The number of alkyl halides is 3. The highest BCUT2D eigenvalue weighted by molar-refractivity contribution is 7.92. The van der Waals surface area contributed by atoms with Crippen molar-refractivity contribution in [1.29, 1.82) is 0 Å². The number of morpholine rings is 1. The van der Waals surface area contributed by atoms with Gasteiger partial charge in [0.05, 0.1) is 30.7 Å². The highest BCUT2D eigenvalue weighted by Crippen LogP contribution is 2.37. The molecule has 1 amide bonds. The summed E-state index contributed by atoms with van der Waals surface area (Å²) >= 11 is 0. The first-order valence-electron chi connectivity index (χ1n) is 8.96. The van der Waals surface area contributed by atoms with E-state index < -0.39 is 27.7 Å². The second kappa shape index (κ2) is 8.52. The summed E-state index contributed by atoms with van der Waals surface area (Å²) in [6, 6.07) is 9.19. The van der Waals surface area contributed by atoms with Gasteiger partial charge in [0, 0.05) is 30.0 Å². The number of sulfonamides is 1. The minimum absolute atomic E-state index is 0.00836. The summed E-state index contributed by atoms with van der Waals surface area (Å²) in [6.45, 7) is 1.81.